The van der Waals surface area contributed by atoms with Crippen molar-refractivity contribution in [1.29, 1.82) is 0 Å². The minimum Gasteiger partial charge on any atom is -0.490 e. The first kappa shape index (κ1) is 17.8. The molecule has 0 saturated carbocycles. The minimum atomic E-state index is 0.545. The molecule has 0 amide bonds. The maximum Gasteiger partial charge on any atom is 0.161 e. The molecular weight excluding hydrogens is 266 g/mol. The number of ether oxygens (including phenoxy) is 3. The summed E-state index contributed by atoms with van der Waals surface area (Å²) < 4.78 is 17.0. The van der Waals surface area contributed by atoms with Crippen LogP contribution in [0.4, 0.5) is 0 Å². The number of nitrogens with one attached hydrogen (secondary N) is 1. The highest BCUT2D eigenvalue weighted by Gasteiger charge is 2.06. The molecule has 0 aliphatic carbocycles. The van der Waals surface area contributed by atoms with Gasteiger partial charge in [-0.1, -0.05) is 19.9 Å². The van der Waals surface area contributed by atoms with Gasteiger partial charge in [-0.05, 0) is 44.0 Å². The minimum absolute atomic E-state index is 0.545. The molecule has 0 aliphatic rings. The van der Waals surface area contributed by atoms with E-state index in [1.54, 1.807) is 0 Å². The van der Waals surface area contributed by atoms with E-state index in [4.69, 9.17) is 14.2 Å². The van der Waals surface area contributed by atoms with E-state index in [2.05, 4.69) is 19.2 Å². The Morgan fingerprint density at radius 2 is 1.86 bits per heavy atom. The van der Waals surface area contributed by atoms with Gasteiger partial charge in [0.15, 0.2) is 11.5 Å². The van der Waals surface area contributed by atoms with E-state index in [1.807, 2.05) is 32.2 Å². The largest absolute Gasteiger partial charge is 0.490 e. The third-order valence-corrected chi connectivity index (χ3v) is 3.01. The molecule has 0 spiro atoms. The molecule has 0 fully saturated rings. The van der Waals surface area contributed by atoms with Crippen LogP contribution < -0.4 is 14.8 Å². The number of hydrogen-bond donors (Lipinski definition) is 1. The van der Waals surface area contributed by atoms with Crippen molar-refractivity contribution >= 4 is 0 Å². The van der Waals surface area contributed by atoms with Crippen molar-refractivity contribution < 1.29 is 14.2 Å². The molecule has 1 rings (SSSR count). The van der Waals surface area contributed by atoms with Gasteiger partial charge in [0.1, 0.15) is 6.61 Å². The Kier molecular flexibility index (Phi) is 8.87. The zero-order chi connectivity index (χ0) is 15.5. The molecule has 0 aliphatic heterocycles. The first-order chi connectivity index (χ1) is 10.2. The lowest BCUT2D eigenvalue weighted by atomic mass is 10.1. The molecular formula is C17H29NO3. The predicted molar refractivity (Wildman–Crippen MR) is 86.1 cm³/mol. The van der Waals surface area contributed by atoms with Gasteiger partial charge in [0, 0.05) is 13.2 Å². The van der Waals surface area contributed by atoms with E-state index in [-0.39, 0.29) is 0 Å². The lowest BCUT2D eigenvalue weighted by molar-refractivity contribution is 0.0914. The van der Waals surface area contributed by atoms with Crippen LogP contribution in [0.3, 0.4) is 0 Å². The van der Waals surface area contributed by atoms with Gasteiger partial charge in [-0.25, -0.2) is 0 Å². The fourth-order valence-corrected chi connectivity index (χ4v) is 1.89. The molecule has 0 saturated heterocycles. The Morgan fingerprint density at radius 3 is 2.52 bits per heavy atom. The average molecular weight is 295 g/mol. The van der Waals surface area contributed by atoms with Crippen molar-refractivity contribution in [2.75, 3.05) is 33.5 Å². The smallest absolute Gasteiger partial charge is 0.161 e. The molecule has 120 valence electrons. The Morgan fingerprint density at radius 1 is 1.05 bits per heavy atom. The molecule has 1 aromatic carbocycles. The van der Waals surface area contributed by atoms with Crippen LogP contribution in [0.2, 0.25) is 0 Å². The molecule has 0 bridgehead atoms. The van der Waals surface area contributed by atoms with E-state index in [0.29, 0.717) is 25.7 Å². The molecule has 0 radical (unpaired) electrons. The van der Waals surface area contributed by atoms with Crippen LogP contribution in [-0.4, -0.2) is 33.5 Å². The number of benzene rings is 1. The third kappa shape index (κ3) is 7.34. The van der Waals surface area contributed by atoms with Crippen molar-refractivity contribution in [3.63, 3.8) is 0 Å². The third-order valence-electron chi connectivity index (χ3n) is 3.01. The van der Waals surface area contributed by atoms with Crippen molar-refractivity contribution in [3.8, 4) is 11.5 Å². The van der Waals surface area contributed by atoms with Gasteiger partial charge < -0.3 is 19.5 Å². The summed E-state index contributed by atoms with van der Waals surface area (Å²) in [4.78, 5) is 0. The molecule has 0 aromatic heterocycles. The maximum absolute atomic E-state index is 5.76. The van der Waals surface area contributed by atoms with Gasteiger partial charge in [0.25, 0.3) is 0 Å². The SMILES string of the molecule is CCOc1cc(CNC)ccc1OCCOCCC(C)C. The zero-order valence-electron chi connectivity index (χ0n) is 13.8. The quantitative estimate of drug-likeness (QED) is 0.636. The van der Waals surface area contributed by atoms with Crippen molar-refractivity contribution in [2.45, 2.75) is 33.7 Å². The van der Waals surface area contributed by atoms with E-state index < -0.39 is 0 Å². The molecule has 1 N–H and O–H groups in total. The summed E-state index contributed by atoms with van der Waals surface area (Å²) in [6.45, 7) is 9.76. The molecule has 0 unspecified atom stereocenters. The molecule has 1 aromatic rings. The Balaban J connectivity index is 2.42. The van der Waals surface area contributed by atoms with Crippen LogP contribution in [0, 0.1) is 5.92 Å². The van der Waals surface area contributed by atoms with Gasteiger partial charge in [-0.15, -0.1) is 0 Å². The second-order valence-corrected chi connectivity index (χ2v) is 5.39. The Labute approximate surface area is 128 Å². The normalized spacial score (nSPS) is 10.9. The molecule has 4 nitrogen and oxygen atoms in total. The highest BCUT2D eigenvalue weighted by Crippen LogP contribution is 2.28. The second kappa shape index (κ2) is 10.5. The molecule has 0 heterocycles. The van der Waals surface area contributed by atoms with Crippen molar-refractivity contribution in [3.05, 3.63) is 23.8 Å². The van der Waals surface area contributed by atoms with Crippen molar-refractivity contribution in [2.24, 2.45) is 5.92 Å². The van der Waals surface area contributed by atoms with Crippen molar-refractivity contribution in [1.82, 2.24) is 5.32 Å². The summed E-state index contributed by atoms with van der Waals surface area (Å²) in [6.07, 6.45) is 1.09. The molecule has 21 heavy (non-hydrogen) atoms. The fourth-order valence-electron chi connectivity index (χ4n) is 1.89. The predicted octanol–water partition coefficient (Wildman–Crippen LogP) is 3.25. The van der Waals surface area contributed by atoms with Crippen LogP contribution >= 0.6 is 0 Å². The highest BCUT2D eigenvalue weighted by molar-refractivity contribution is 5.43. The van der Waals surface area contributed by atoms with Gasteiger partial charge >= 0.3 is 0 Å². The van der Waals surface area contributed by atoms with E-state index in [1.165, 1.54) is 5.56 Å². The maximum atomic E-state index is 5.76. The Bertz CT molecular complexity index is 394. The monoisotopic (exact) mass is 295 g/mol. The topological polar surface area (TPSA) is 39.7 Å². The van der Waals surface area contributed by atoms with Crippen LogP contribution in [0.15, 0.2) is 18.2 Å². The van der Waals surface area contributed by atoms with E-state index in [9.17, 15) is 0 Å². The fraction of sp³-hybridized carbons (Fsp3) is 0.647. The Hall–Kier alpha value is -1.26. The molecule has 0 atom stereocenters. The first-order valence-electron chi connectivity index (χ1n) is 7.78. The standard InChI is InChI=1S/C17H29NO3/c1-5-20-17-12-15(13-18-4)6-7-16(17)21-11-10-19-9-8-14(2)3/h6-7,12,14,18H,5,8-11,13H2,1-4H3. The summed E-state index contributed by atoms with van der Waals surface area (Å²) in [7, 11) is 1.93. The van der Waals surface area contributed by atoms with Gasteiger partial charge in [0.05, 0.1) is 13.2 Å². The zero-order valence-corrected chi connectivity index (χ0v) is 13.8. The first-order valence-corrected chi connectivity index (χ1v) is 7.78. The van der Waals surface area contributed by atoms with Gasteiger partial charge in [0.2, 0.25) is 0 Å². The second-order valence-electron chi connectivity index (χ2n) is 5.39. The van der Waals surface area contributed by atoms with E-state index in [0.717, 1.165) is 31.1 Å². The van der Waals surface area contributed by atoms with Gasteiger partial charge in [-0.2, -0.15) is 0 Å². The average Bonchev–Trinajstić information content (AvgIpc) is 2.45. The summed E-state index contributed by atoms with van der Waals surface area (Å²) >= 11 is 0. The van der Waals surface area contributed by atoms with Crippen LogP contribution in [0.25, 0.3) is 0 Å². The van der Waals surface area contributed by atoms with Gasteiger partial charge in [-0.3, -0.25) is 0 Å². The number of rotatable bonds is 11. The summed E-state index contributed by atoms with van der Waals surface area (Å²) in [6, 6.07) is 6.04. The van der Waals surface area contributed by atoms with Crippen LogP contribution in [0.5, 0.6) is 11.5 Å². The lowest BCUT2D eigenvalue weighted by Gasteiger charge is -2.13. The van der Waals surface area contributed by atoms with Crippen LogP contribution in [0.1, 0.15) is 32.8 Å². The van der Waals surface area contributed by atoms with E-state index >= 15 is 0 Å². The summed E-state index contributed by atoms with van der Waals surface area (Å²) in [5.41, 5.74) is 1.18. The molecule has 4 heteroatoms. The number of hydrogen-bond acceptors (Lipinski definition) is 4. The summed E-state index contributed by atoms with van der Waals surface area (Å²) in [5.74, 6) is 2.26. The highest BCUT2D eigenvalue weighted by atomic mass is 16.5. The lowest BCUT2D eigenvalue weighted by Crippen LogP contribution is -2.10. The van der Waals surface area contributed by atoms with Crippen LogP contribution in [-0.2, 0) is 11.3 Å². The summed E-state index contributed by atoms with van der Waals surface area (Å²) in [5, 5.41) is 3.13.